The van der Waals surface area contributed by atoms with Gasteiger partial charge in [0, 0.05) is 32.7 Å². The van der Waals surface area contributed by atoms with Crippen LogP contribution in [0.3, 0.4) is 0 Å². The van der Waals surface area contributed by atoms with E-state index in [1.165, 1.54) is 0 Å². The molecule has 1 saturated heterocycles. The number of hydrogen-bond donors (Lipinski definition) is 2. The van der Waals surface area contributed by atoms with Gasteiger partial charge in [-0.25, -0.2) is 0 Å². The van der Waals surface area contributed by atoms with Crippen molar-refractivity contribution in [3.05, 3.63) is 30.3 Å². The summed E-state index contributed by atoms with van der Waals surface area (Å²) in [6.07, 6.45) is 2.72. The molecule has 1 heterocycles. The Hall–Kier alpha value is -2.08. The maximum absolute atomic E-state index is 12.4. The van der Waals surface area contributed by atoms with Gasteiger partial charge in [-0.1, -0.05) is 18.2 Å². The van der Waals surface area contributed by atoms with Gasteiger partial charge in [-0.05, 0) is 37.3 Å². The van der Waals surface area contributed by atoms with E-state index in [2.05, 4.69) is 5.32 Å². The lowest BCUT2D eigenvalue weighted by Gasteiger charge is -2.23. The van der Waals surface area contributed by atoms with Gasteiger partial charge in [0.2, 0.25) is 5.91 Å². The molecule has 2 amide bonds. The molecule has 2 N–H and O–H groups in total. The lowest BCUT2D eigenvalue weighted by molar-refractivity contribution is -0.134. The maximum atomic E-state index is 12.4. The van der Waals surface area contributed by atoms with Crippen molar-refractivity contribution in [1.29, 1.82) is 0 Å². The Morgan fingerprint density at radius 3 is 2.79 bits per heavy atom. The Bertz CT molecular complexity index is 521. The minimum absolute atomic E-state index is 0.0327. The summed E-state index contributed by atoms with van der Waals surface area (Å²) in [6.45, 7) is 1.64. The number of nitrogens with zero attached hydrogens (tertiary/aromatic N) is 1. The van der Waals surface area contributed by atoms with Crippen molar-refractivity contribution in [2.45, 2.75) is 25.7 Å². The van der Waals surface area contributed by atoms with Crippen LogP contribution in [-0.4, -0.2) is 54.7 Å². The summed E-state index contributed by atoms with van der Waals surface area (Å²) in [5.74, 6) is 0.643. The molecule has 0 aliphatic carbocycles. The van der Waals surface area contributed by atoms with Crippen molar-refractivity contribution in [2.75, 3.05) is 32.8 Å². The normalized spacial score (nSPS) is 20.0. The van der Waals surface area contributed by atoms with Crippen LogP contribution in [0.25, 0.3) is 0 Å². The Morgan fingerprint density at radius 2 is 2.04 bits per heavy atom. The molecule has 0 radical (unpaired) electrons. The molecule has 0 saturated carbocycles. The smallest absolute Gasteiger partial charge is 0.260 e. The average Bonchev–Trinajstić information content (AvgIpc) is 2.65. The third-order valence-corrected chi connectivity index (χ3v) is 4.24. The number of hydrogen-bond acceptors (Lipinski definition) is 4. The third-order valence-electron chi connectivity index (χ3n) is 4.24. The molecule has 1 aromatic rings. The minimum Gasteiger partial charge on any atom is -0.484 e. The number of nitrogens with one attached hydrogen (secondary N) is 1. The lowest BCUT2D eigenvalue weighted by atomic mass is 10.0. The summed E-state index contributed by atoms with van der Waals surface area (Å²) in [5.41, 5.74) is 0. The summed E-state index contributed by atoms with van der Waals surface area (Å²) in [5, 5.41) is 12.2. The minimum atomic E-state index is -0.119. The van der Waals surface area contributed by atoms with Crippen molar-refractivity contribution in [3.63, 3.8) is 0 Å². The Kier molecular flexibility index (Phi) is 7.55. The van der Waals surface area contributed by atoms with Crippen molar-refractivity contribution in [2.24, 2.45) is 5.92 Å². The molecule has 2 rings (SSSR count). The van der Waals surface area contributed by atoms with Gasteiger partial charge in [0.15, 0.2) is 6.61 Å². The monoisotopic (exact) mass is 334 g/mol. The molecule has 1 fully saturated rings. The van der Waals surface area contributed by atoms with E-state index in [0.717, 1.165) is 19.3 Å². The molecular weight excluding hydrogens is 308 g/mol. The molecule has 1 aliphatic rings. The van der Waals surface area contributed by atoms with E-state index < -0.39 is 0 Å². The summed E-state index contributed by atoms with van der Waals surface area (Å²) < 4.78 is 5.51. The molecule has 0 spiro atoms. The zero-order valence-electron chi connectivity index (χ0n) is 13.9. The van der Waals surface area contributed by atoms with Gasteiger partial charge in [0.1, 0.15) is 5.75 Å². The standard InChI is InChI=1S/C18H26N2O4/c21-13-15-5-4-11-20(12-9-17(22)19-10-8-15)18(23)14-24-16-6-2-1-3-7-16/h1-3,6-7,15,21H,4-5,8-14H2,(H,19,22). The summed E-state index contributed by atoms with van der Waals surface area (Å²) in [4.78, 5) is 25.9. The second-order valence-electron chi connectivity index (χ2n) is 6.06. The van der Waals surface area contributed by atoms with E-state index in [9.17, 15) is 14.7 Å². The molecule has 6 nitrogen and oxygen atoms in total. The number of rotatable bonds is 4. The van der Waals surface area contributed by atoms with Crippen molar-refractivity contribution < 1.29 is 19.4 Å². The van der Waals surface area contributed by atoms with Crippen molar-refractivity contribution >= 4 is 11.8 Å². The van der Waals surface area contributed by atoms with Gasteiger partial charge in [-0.2, -0.15) is 0 Å². The first-order chi connectivity index (χ1) is 11.7. The van der Waals surface area contributed by atoms with E-state index in [1.54, 1.807) is 17.0 Å². The van der Waals surface area contributed by atoms with Crippen LogP contribution in [0.1, 0.15) is 25.7 Å². The zero-order chi connectivity index (χ0) is 17.2. The molecule has 0 bridgehead atoms. The van der Waals surface area contributed by atoms with Gasteiger partial charge >= 0.3 is 0 Å². The van der Waals surface area contributed by atoms with Crippen LogP contribution in [0.4, 0.5) is 0 Å². The first-order valence-electron chi connectivity index (χ1n) is 8.52. The third kappa shape index (κ3) is 6.20. The predicted molar refractivity (Wildman–Crippen MR) is 90.6 cm³/mol. The van der Waals surface area contributed by atoms with Gasteiger partial charge in [-0.15, -0.1) is 0 Å². The fourth-order valence-corrected chi connectivity index (χ4v) is 2.75. The Morgan fingerprint density at radius 1 is 1.25 bits per heavy atom. The quantitative estimate of drug-likeness (QED) is 0.867. The van der Waals surface area contributed by atoms with Crippen LogP contribution in [0.2, 0.25) is 0 Å². The number of carbonyl (C=O) groups is 2. The Labute approximate surface area is 142 Å². The number of para-hydroxylation sites is 1. The van der Waals surface area contributed by atoms with Crippen LogP contribution in [0.15, 0.2) is 30.3 Å². The van der Waals surface area contributed by atoms with Crippen molar-refractivity contribution in [1.82, 2.24) is 10.2 Å². The maximum Gasteiger partial charge on any atom is 0.260 e. The largest absolute Gasteiger partial charge is 0.484 e. The van der Waals surface area contributed by atoms with Crippen LogP contribution >= 0.6 is 0 Å². The predicted octanol–water partition coefficient (Wildman–Crippen LogP) is 1.19. The summed E-state index contributed by atoms with van der Waals surface area (Å²) >= 11 is 0. The molecule has 1 aromatic carbocycles. The molecule has 1 unspecified atom stereocenters. The van der Waals surface area contributed by atoms with E-state index >= 15 is 0 Å². The second-order valence-corrected chi connectivity index (χ2v) is 6.06. The first kappa shape index (κ1) is 18.3. The number of amides is 2. The first-order valence-corrected chi connectivity index (χ1v) is 8.52. The second kappa shape index (κ2) is 9.93. The Balaban J connectivity index is 1.89. The highest BCUT2D eigenvalue weighted by Crippen LogP contribution is 2.13. The number of carbonyl (C=O) groups excluding carboxylic acids is 2. The lowest BCUT2D eigenvalue weighted by Crippen LogP contribution is -2.38. The van der Waals surface area contributed by atoms with Gasteiger partial charge in [-0.3, -0.25) is 9.59 Å². The summed E-state index contributed by atoms with van der Waals surface area (Å²) in [7, 11) is 0. The molecule has 1 aliphatic heterocycles. The number of aliphatic hydroxyl groups excluding tert-OH is 1. The molecule has 6 heteroatoms. The SMILES string of the molecule is O=C1CCN(C(=O)COc2ccccc2)CCCC(CO)CCN1. The number of aliphatic hydroxyl groups is 1. The van der Waals surface area contributed by atoms with E-state index in [4.69, 9.17) is 4.74 Å². The van der Waals surface area contributed by atoms with Crippen LogP contribution in [0.5, 0.6) is 5.75 Å². The van der Waals surface area contributed by atoms with Gasteiger partial charge < -0.3 is 20.1 Å². The molecular formula is C18H26N2O4. The van der Waals surface area contributed by atoms with E-state index in [1.807, 2.05) is 18.2 Å². The van der Waals surface area contributed by atoms with Crippen LogP contribution in [0, 0.1) is 5.92 Å². The van der Waals surface area contributed by atoms with Gasteiger partial charge in [0.05, 0.1) is 0 Å². The fourth-order valence-electron chi connectivity index (χ4n) is 2.75. The van der Waals surface area contributed by atoms with E-state index in [0.29, 0.717) is 31.8 Å². The highest BCUT2D eigenvalue weighted by Gasteiger charge is 2.18. The fraction of sp³-hybridized carbons (Fsp3) is 0.556. The number of benzene rings is 1. The average molecular weight is 334 g/mol. The molecule has 0 aromatic heterocycles. The molecule has 1 atom stereocenters. The van der Waals surface area contributed by atoms with E-state index in [-0.39, 0.29) is 30.9 Å². The highest BCUT2D eigenvalue weighted by atomic mass is 16.5. The van der Waals surface area contributed by atoms with Gasteiger partial charge in [0.25, 0.3) is 5.91 Å². The highest BCUT2D eigenvalue weighted by molar-refractivity contribution is 5.80. The topological polar surface area (TPSA) is 78.9 Å². The molecule has 24 heavy (non-hydrogen) atoms. The van der Waals surface area contributed by atoms with Crippen LogP contribution < -0.4 is 10.1 Å². The zero-order valence-corrected chi connectivity index (χ0v) is 13.9. The molecule has 132 valence electrons. The van der Waals surface area contributed by atoms with Crippen molar-refractivity contribution in [3.8, 4) is 5.75 Å². The van der Waals surface area contributed by atoms with Crippen LogP contribution in [-0.2, 0) is 9.59 Å². The summed E-state index contributed by atoms with van der Waals surface area (Å²) in [6, 6.07) is 9.20. The number of ether oxygens (including phenoxy) is 1.